The lowest BCUT2D eigenvalue weighted by molar-refractivity contribution is -0.139. The highest BCUT2D eigenvalue weighted by Gasteiger charge is 2.22. The van der Waals surface area contributed by atoms with Crippen LogP contribution in [0.25, 0.3) is 0 Å². The minimum Gasteiger partial charge on any atom is -0.480 e. The SMILES string of the molecule is O=C(N[C@H](Cc1ccccc1Br)C(=O)O)c1cccc(Br)c1. The van der Waals surface area contributed by atoms with Gasteiger partial charge in [-0.25, -0.2) is 4.79 Å². The summed E-state index contributed by atoms with van der Waals surface area (Å²) in [7, 11) is 0. The second kappa shape index (κ2) is 7.56. The minimum absolute atomic E-state index is 0.205. The average molecular weight is 427 g/mol. The van der Waals surface area contributed by atoms with E-state index in [2.05, 4.69) is 37.2 Å². The summed E-state index contributed by atoms with van der Waals surface area (Å²) in [5.41, 5.74) is 1.23. The highest BCUT2D eigenvalue weighted by Crippen LogP contribution is 2.18. The van der Waals surface area contributed by atoms with Gasteiger partial charge in [0.05, 0.1) is 0 Å². The molecule has 0 radical (unpaired) electrons. The van der Waals surface area contributed by atoms with Crippen molar-refractivity contribution in [3.8, 4) is 0 Å². The van der Waals surface area contributed by atoms with E-state index in [1.807, 2.05) is 24.3 Å². The van der Waals surface area contributed by atoms with Crippen LogP contribution < -0.4 is 5.32 Å². The molecule has 1 amide bonds. The van der Waals surface area contributed by atoms with E-state index in [1.54, 1.807) is 24.3 Å². The number of carbonyl (C=O) groups is 2. The van der Waals surface area contributed by atoms with Gasteiger partial charge in [0.25, 0.3) is 5.91 Å². The van der Waals surface area contributed by atoms with E-state index in [9.17, 15) is 14.7 Å². The van der Waals surface area contributed by atoms with Crippen molar-refractivity contribution >= 4 is 43.7 Å². The van der Waals surface area contributed by atoms with Crippen LogP contribution in [0, 0.1) is 0 Å². The maximum Gasteiger partial charge on any atom is 0.326 e. The van der Waals surface area contributed by atoms with Crippen LogP contribution in [0.1, 0.15) is 15.9 Å². The summed E-state index contributed by atoms with van der Waals surface area (Å²) >= 11 is 6.67. The monoisotopic (exact) mass is 425 g/mol. The minimum atomic E-state index is -1.07. The standard InChI is InChI=1S/C16H13Br2NO3/c17-12-6-3-5-11(8-12)15(20)19-14(16(21)22)9-10-4-1-2-7-13(10)18/h1-8,14H,9H2,(H,19,20)(H,21,22)/t14-/m1/s1. The number of halogens is 2. The summed E-state index contributed by atoms with van der Waals surface area (Å²) in [6, 6.07) is 13.2. The second-order valence-corrected chi connectivity index (χ2v) is 6.44. The number of hydrogen-bond donors (Lipinski definition) is 2. The van der Waals surface area contributed by atoms with Crippen molar-refractivity contribution in [2.75, 3.05) is 0 Å². The number of carboxylic acids is 1. The summed E-state index contributed by atoms with van der Waals surface area (Å²) in [5, 5.41) is 11.9. The first kappa shape index (κ1) is 16.7. The summed E-state index contributed by atoms with van der Waals surface area (Å²) in [6.07, 6.45) is 0.205. The van der Waals surface area contributed by atoms with Gasteiger partial charge in [-0.2, -0.15) is 0 Å². The second-order valence-electron chi connectivity index (χ2n) is 4.67. The zero-order chi connectivity index (χ0) is 16.1. The molecular formula is C16H13Br2NO3. The molecule has 0 fully saturated rings. The fourth-order valence-electron chi connectivity index (χ4n) is 1.96. The van der Waals surface area contributed by atoms with Crippen molar-refractivity contribution in [3.05, 3.63) is 68.6 Å². The summed E-state index contributed by atoms with van der Waals surface area (Å²) in [4.78, 5) is 23.6. The molecule has 0 saturated carbocycles. The van der Waals surface area contributed by atoms with Crippen LogP contribution in [0.4, 0.5) is 0 Å². The van der Waals surface area contributed by atoms with Gasteiger partial charge >= 0.3 is 5.97 Å². The first-order valence-corrected chi connectivity index (χ1v) is 8.08. The van der Waals surface area contributed by atoms with Crippen LogP contribution in [-0.4, -0.2) is 23.0 Å². The number of benzene rings is 2. The number of amides is 1. The Morgan fingerprint density at radius 1 is 1.09 bits per heavy atom. The molecule has 22 heavy (non-hydrogen) atoms. The Labute approximate surface area is 144 Å². The molecular weight excluding hydrogens is 414 g/mol. The molecule has 2 aromatic carbocycles. The lowest BCUT2D eigenvalue weighted by atomic mass is 10.1. The first-order chi connectivity index (χ1) is 10.5. The van der Waals surface area contributed by atoms with Crippen molar-refractivity contribution in [1.82, 2.24) is 5.32 Å². The average Bonchev–Trinajstić information content (AvgIpc) is 2.48. The van der Waals surface area contributed by atoms with Crippen molar-refractivity contribution in [2.45, 2.75) is 12.5 Å². The molecule has 0 unspecified atom stereocenters. The summed E-state index contributed by atoms with van der Waals surface area (Å²) in [6.45, 7) is 0. The third kappa shape index (κ3) is 4.42. The van der Waals surface area contributed by atoms with Gasteiger partial charge in [-0.05, 0) is 29.8 Å². The molecule has 2 aromatic rings. The Morgan fingerprint density at radius 3 is 2.45 bits per heavy atom. The summed E-state index contributed by atoms with van der Waals surface area (Å²) < 4.78 is 1.58. The highest BCUT2D eigenvalue weighted by atomic mass is 79.9. The van der Waals surface area contributed by atoms with Gasteiger partial charge in [0.2, 0.25) is 0 Å². The Balaban J connectivity index is 2.14. The molecule has 0 saturated heterocycles. The molecule has 0 aliphatic carbocycles. The molecule has 0 aromatic heterocycles. The summed E-state index contributed by atoms with van der Waals surface area (Å²) in [5.74, 6) is -1.49. The van der Waals surface area contributed by atoms with Gasteiger partial charge in [0, 0.05) is 20.9 Å². The Bertz CT molecular complexity index is 703. The van der Waals surface area contributed by atoms with Crippen LogP contribution >= 0.6 is 31.9 Å². The largest absolute Gasteiger partial charge is 0.480 e. The third-order valence-corrected chi connectivity index (χ3v) is 4.34. The van der Waals surface area contributed by atoms with E-state index in [0.29, 0.717) is 5.56 Å². The van der Waals surface area contributed by atoms with E-state index in [1.165, 1.54) is 0 Å². The van der Waals surface area contributed by atoms with Crippen molar-refractivity contribution in [2.24, 2.45) is 0 Å². The molecule has 114 valence electrons. The Kier molecular flexibility index (Phi) is 5.74. The van der Waals surface area contributed by atoms with Gasteiger partial charge in [-0.1, -0.05) is 56.1 Å². The molecule has 4 nitrogen and oxygen atoms in total. The zero-order valence-electron chi connectivity index (χ0n) is 11.4. The lowest BCUT2D eigenvalue weighted by Gasteiger charge is -2.15. The first-order valence-electron chi connectivity index (χ1n) is 6.50. The predicted octanol–water partition coefficient (Wildman–Crippen LogP) is 3.64. The molecule has 0 bridgehead atoms. The van der Waals surface area contributed by atoms with Gasteiger partial charge in [0.15, 0.2) is 0 Å². The molecule has 2 rings (SSSR count). The normalized spacial score (nSPS) is 11.7. The fraction of sp³-hybridized carbons (Fsp3) is 0.125. The Morgan fingerprint density at radius 2 is 1.82 bits per heavy atom. The number of aliphatic carboxylic acids is 1. The molecule has 0 spiro atoms. The Hall–Kier alpha value is -1.66. The highest BCUT2D eigenvalue weighted by molar-refractivity contribution is 9.10. The molecule has 6 heteroatoms. The predicted molar refractivity (Wildman–Crippen MR) is 90.9 cm³/mol. The quantitative estimate of drug-likeness (QED) is 0.766. The van der Waals surface area contributed by atoms with E-state index < -0.39 is 17.9 Å². The molecule has 0 aliphatic heterocycles. The van der Waals surface area contributed by atoms with Crippen LogP contribution in [0.3, 0.4) is 0 Å². The van der Waals surface area contributed by atoms with Crippen LogP contribution in [0.15, 0.2) is 57.5 Å². The van der Waals surface area contributed by atoms with Gasteiger partial charge in [0.1, 0.15) is 6.04 Å². The van der Waals surface area contributed by atoms with Crippen molar-refractivity contribution in [3.63, 3.8) is 0 Å². The van der Waals surface area contributed by atoms with E-state index in [-0.39, 0.29) is 6.42 Å². The number of carboxylic acid groups (broad SMARTS) is 1. The lowest BCUT2D eigenvalue weighted by Crippen LogP contribution is -2.42. The zero-order valence-corrected chi connectivity index (χ0v) is 14.6. The number of carbonyl (C=O) groups excluding carboxylic acids is 1. The number of nitrogens with one attached hydrogen (secondary N) is 1. The van der Waals surface area contributed by atoms with Crippen LogP contribution in [0.5, 0.6) is 0 Å². The molecule has 0 heterocycles. The van der Waals surface area contributed by atoms with Crippen molar-refractivity contribution in [1.29, 1.82) is 0 Å². The molecule has 0 aliphatic rings. The van der Waals surface area contributed by atoms with Gasteiger partial charge < -0.3 is 10.4 Å². The van der Waals surface area contributed by atoms with Crippen molar-refractivity contribution < 1.29 is 14.7 Å². The smallest absolute Gasteiger partial charge is 0.326 e. The van der Waals surface area contributed by atoms with Crippen LogP contribution in [0.2, 0.25) is 0 Å². The molecule has 2 N–H and O–H groups in total. The van der Waals surface area contributed by atoms with Gasteiger partial charge in [-0.3, -0.25) is 4.79 Å². The van der Waals surface area contributed by atoms with E-state index in [0.717, 1.165) is 14.5 Å². The van der Waals surface area contributed by atoms with E-state index in [4.69, 9.17) is 0 Å². The number of rotatable bonds is 5. The van der Waals surface area contributed by atoms with Gasteiger partial charge in [-0.15, -0.1) is 0 Å². The topological polar surface area (TPSA) is 66.4 Å². The van der Waals surface area contributed by atoms with Crippen LogP contribution in [-0.2, 0) is 11.2 Å². The maximum absolute atomic E-state index is 12.2. The van der Waals surface area contributed by atoms with E-state index >= 15 is 0 Å². The third-order valence-electron chi connectivity index (χ3n) is 3.07. The molecule has 1 atom stereocenters. The maximum atomic E-state index is 12.2. The number of hydrogen-bond acceptors (Lipinski definition) is 2. The fourth-order valence-corrected chi connectivity index (χ4v) is 2.80.